The number of anilines is 1. The average molecular weight is 404 g/mol. The normalized spacial score (nSPS) is 17.4. The third-order valence-corrected chi connectivity index (χ3v) is 5.28. The molecule has 6 nitrogen and oxygen atoms in total. The van der Waals surface area contributed by atoms with Crippen molar-refractivity contribution in [1.82, 2.24) is 0 Å². The number of fused-ring (bicyclic) bond motifs is 1. The van der Waals surface area contributed by atoms with Crippen molar-refractivity contribution in [2.45, 2.75) is 20.0 Å². The van der Waals surface area contributed by atoms with Crippen LogP contribution in [0.5, 0.6) is 0 Å². The fourth-order valence-electron chi connectivity index (χ4n) is 2.34. The molecule has 8 heteroatoms. The quantitative estimate of drug-likeness (QED) is 0.480. The Kier molecular flexibility index (Phi) is 6.17. The van der Waals surface area contributed by atoms with Crippen LogP contribution in [0.2, 0.25) is 0 Å². The lowest BCUT2D eigenvalue weighted by Gasteiger charge is -2.20. The van der Waals surface area contributed by atoms with Crippen LogP contribution < -0.4 is 4.90 Å². The molecule has 1 aliphatic rings. The molecule has 1 unspecified atom stereocenters. The van der Waals surface area contributed by atoms with Crippen LogP contribution in [-0.4, -0.2) is 25.7 Å². The molecule has 1 amide bonds. The average Bonchev–Trinajstić information content (AvgIpc) is 2.73. The Morgan fingerprint density at radius 3 is 2.57 bits per heavy atom. The number of phosphoric acid groups is 1. The van der Waals surface area contributed by atoms with E-state index in [2.05, 4.69) is 22.5 Å². The van der Waals surface area contributed by atoms with Crippen molar-refractivity contribution in [3.05, 3.63) is 40.9 Å². The van der Waals surface area contributed by atoms with Gasteiger partial charge in [0.25, 0.3) is 5.91 Å². The molecule has 1 heterocycles. The molecule has 1 atom stereocenters. The second-order valence-electron chi connectivity index (χ2n) is 4.71. The highest BCUT2D eigenvalue weighted by Gasteiger charge is 2.43. The van der Waals surface area contributed by atoms with E-state index >= 15 is 0 Å². The summed E-state index contributed by atoms with van der Waals surface area (Å²) in [5.41, 5.74) is 1.31. The predicted molar refractivity (Wildman–Crippen MR) is 91.4 cm³/mol. The first-order chi connectivity index (χ1) is 11.0. The van der Waals surface area contributed by atoms with Gasteiger partial charge in [-0.1, -0.05) is 22.0 Å². The number of hydrogen-bond donors (Lipinski definition) is 0. The first-order valence-electron chi connectivity index (χ1n) is 7.25. The van der Waals surface area contributed by atoms with E-state index in [0.717, 1.165) is 4.47 Å². The van der Waals surface area contributed by atoms with E-state index < -0.39 is 13.9 Å². The van der Waals surface area contributed by atoms with Crippen LogP contribution >= 0.6 is 23.8 Å². The minimum Gasteiger partial charge on any atom is -0.306 e. The minimum atomic E-state index is -3.81. The summed E-state index contributed by atoms with van der Waals surface area (Å²) in [5, 5.41) is 0. The Morgan fingerprint density at radius 1 is 1.35 bits per heavy atom. The number of carbonyl (C=O) groups excluding carboxylic acids is 1. The largest absolute Gasteiger partial charge is 0.475 e. The summed E-state index contributed by atoms with van der Waals surface area (Å²) in [5.74, 6) is -0.322. The van der Waals surface area contributed by atoms with Crippen molar-refractivity contribution in [3.8, 4) is 0 Å². The summed E-state index contributed by atoms with van der Waals surface area (Å²) in [6.45, 7) is 7.66. The topological polar surface area (TPSA) is 65.1 Å². The molecule has 0 fully saturated rings. The lowest BCUT2D eigenvalue weighted by molar-refractivity contribution is -0.125. The van der Waals surface area contributed by atoms with Crippen LogP contribution in [0.15, 0.2) is 35.3 Å². The fourth-order valence-corrected chi connectivity index (χ4v) is 4.01. The highest BCUT2D eigenvalue weighted by atomic mass is 79.9. The molecule has 126 valence electrons. The minimum absolute atomic E-state index is 0.153. The van der Waals surface area contributed by atoms with Crippen molar-refractivity contribution in [2.75, 3.05) is 24.7 Å². The van der Waals surface area contributed by atoms with Gasteiger partial charge in [-0.3, -0.25) is 18.4 Å². The summed E-state index contributed by atoms with van der Waals surface area (Å²) >= 11 is 3.38. The fraction of sp³-hybridized carbons (Fsp3) is 0.400. The molecule has 0 radical (unpaired) electrons. The summed E-state index contributed by atoms with van der Waals surface area (Å²) in [4.78, 5) is 14.2. The number of benzene rings is 1. The standard InChI is InChI=1S/C15H19BrNO5P/c1-4-9-17-13-8-7-11(16)10-12(13)14(15(17)18)22-23(19,20-5-2)21-6-3/h4,7-8,10,14H,1,5-6,9H2,2-3H3. The number of nitrogens with zero attached hydrogens (tertiary/aromatic N) is 1. The van der Waals surface area contributed by atoms with Gasteiger partial charge < -0.3 is 4.90 Å². The molecular formula is C15H19BrNO5P. The molecule has 0 spiro atoms. The van der Waals surface area contributed by atoms with Gasteiger partial charge in [-0.05, 0) is 32.0 Å². The van der Waals surface area contributed by atoms with E-state index in [1.807, 2.05) is 6.07 Å². The molecule has 0 aromatic heterocycles. The van der Waals surface area contributed by atoms with Gasteiger partial charge in [0.15, 0.2) is 6.10 Å². The van der Waals surface area contributed by atoms with Crippen molar-refractivity contribution in [2.24, 2.45) is 0 Å². The molecule has 1 aliphatic heterocycles. The summed E-state index contributed by atoms with van der Waals surface area (Å²) < 4.78 is 29.2. The van der Waals surface area contributed by atoms with Crippen LogP contribution in [0.25, 0.3) is 0 Å². The van der Waals surface area contributed by atoms with Crippen molar-refractivity contribution in [3.63, 3.8) is 0 Å². The molecular weight excluding hydrogens is 385 g/mol. The molecule has 1 aromatic carbocycles. The van der Waals surface area contributed by atoms with Gasteiger partial charge >= 0.3 is 7.82 Å². The monoisotopic (exact) mass is 403 g/mol. The lowest BCUT2D eigenvalue weighted by atomic mass is 10.1. The lowest BCUT2D eigenvalue weighted by Crippen LogP contribution is -2.29. The van der Waals surface area contributed by atoms with Gasteiger partial charge in [0, 0.05) is 16.6 Å². The number of amides is 1. The Morgan fingerprint density at radius 2 is 2.00 bits per heavy atom. The van der Waals surface area contributed by atoms with Gasteiger partial charge in [0.2, 0.25) is 0 Å². The highest BCUT2D eigenvalue weighted by molar-refractivity contribution is 9.10. The molecule has 1 aromatic rings. The number of rotatable bonds is 8. The molecule has 0 aliphatic carbocycles. The van der Waals surface area contributed by atoms with Gasteiger partial charge in [-0.15, -0.1) is 6.58 Å². The maximum Gasteiger partial charge on any atom is 0.475 e. The number of hydrogen-bond acceptors (Lipinski definition) is 5. The van der Waals surface area contributed by atoms with Crippen molar-refractivity contribution < 1.29 is 22.9 Å². The van der Waals surface area contributed by atoms with Gasteiger partial charge in [0.1, 0.15) is 0 Å². The van der Waals surface area contributed by atoms with Gasteiger partial charge in [-0.25, -0.2) is 4.57 Å². The number of phosphoric ester groups is 1. The van der Waals surface area contributed by atoms with E-state index in [-0.39, 0.29) is 19.1 Å². The molecule has 0 bridgehead atoms. The van der Waals surface area contributed by atoms with Crippen LogP contribution in [0.3, 0.4) is 0 Å². The molecule has 23 heavy (non-hydrogen) atoms. The van der Waals surface area contributed by atoms with Crippen LogP contribution in [-0.2, 0) is 22.9 Å². The van der Waals surface area contributed by atoms with Crippen LogP contribution in [0, 0.1) is 0 Å². The SMILES string of the molecule is C=CCN1C(=O)C(OP(=O)(OCC)OCC)c2cc(Br)ccc21. The van der Waals surface area contributed by atoms with E-state index in [1.165, 1.54) is 4.90 Å². The van der Waals surface area contributed by atoms with Crippen LogP contribution in [0.1, 0.15) is 25.5 Å². The molecule has 0 saturated heterocycles. The van der Waals surface area contributed by atoms with Crippen LogP contribution in [0.4, 0.5) is 5.69 Å². The zero-order chi connectivity index (χ0) is 17.0. The second kappa shape index (κ2) is 7.73. The summed E-state index contributed by atoms with van der Waals surface area (Å²) in [6, 6.07) is 5.40. The number of carbonyl (C=O) groups is 1. The second-order valence-corrected chi connectivity index (χ2v) is 7.25. The van der Waals surface area contributed by atoms with E-state index in [0.29, 0.717) is 17.8 Å². The number of halogens is 1. The Balaban J connectivity index is 2.38. The zero-order valence-electron chi connectivity index (χ0n) is 13.0. The zero-order valence-corrected chi connectivity index (χ0v) is 15.5. The third-order valence-electron chi connectivity index (χ3n) is 3.17. The summed E-state index contributed by atoms with van der Waals surface area (Å²) in [6.07, 6.45) is 0.586. The molecule has 0 saturated carbocycles. The molecule has 0 N–H and O–H groups in total. The van der Waals surface area contributed by atoms with Gasteiger partial charge in [0.05, 0.1) is 18.9 Å². The Hall–Kier alpha value is -0.980. The van der Waals surface area contributed by atoms with Crippen molar-refractivity contribution >= 4 is 35.3 Å². The maximum atomic E-state index is 12.7. The van der Waals surface area contributed by atoms with Crippen molar-refractivity contribution in [1.29, 1.82) is 0 Å². The molecule has 2 rings (SSSR count). The Labute approximate surface area is 144 Å². The van der Waals surface area contributed by atoms with Gasteiger partial charge in [-0.2, -0.15) is 0 Å². The maximum absolute atomic E-state index is 12.7. The Bertz CT molecular complexity index is 641. The van der Waals surface area contributed by atoms with E-state index in [1.54, 1.807) is 32.1 Å². The third kappa shape index (κ3) is 3.92. The van der Waals surface area contributed by atoms with E-state index in [9.17, 15) is 9.36 Å². The van der Waals surface area contributed by atoms with E-state index in [4.69, 9.17) is 13.6 Å². The highest BCUT2D eigenvalue weighted by Crippen LogP contribution is 2.55. The summed E-state index contributed by atoms with van der Waals surface area (Å²) in [7, 11) is -3.81. The first kappa shape index (κ1) is 18.4. The predicted octanol–water partition coefficient (Wildman–Crippen LogP) is 4.22. The smallest absolute Gasteiger partial charge is 0.306 e. The first-order valence-corrected chi connectivity index (χ1v) is 9.50.